The molecule has 2 aromatic carbocycles. The normalized spacial score (nSPS) is 23.1. The SMILES string of the molecule is O=C(Oc1ccccc1)[C@@H]1COC(C2(C3=N[C@H](C(=O)Oc4ccccc4)CO3)CC2)=N1. The largest absolute Gasteiger partial charge is 0.477 e. The van der Waals surface area contributed by atoms with Crippen molar-refractivity contribution in [2.24, 2.45) is 15.4 Å². The monoisotopic (exact) mass is 420 g/mol. The molecule has 1 aliphatic carbocycles. The Kier molecular flexibility index (Phi) is 4.89. The van der Waals surface area contributed by atoms with Gasteiger partial charge in [-0.05, 0) is 37.1 Å². The highest BCUT2D eigenvalue weighted by atomic mass is 16.6. The maximum Gasteiger partial charge on any atom is 0.339 e. The molecular weight excluding hydrogens is 400 g/mol. The lowest BCUT2D eigenvalue weighted by atomic mass is 10.1. The molecule has 2 aliphatic heterocycles. The van der Waals surface area contributed by atoms with Gasteiger partial charge in [0.15, 0.2) is 23.9 Å². The maximum atomic E-state index is 12.4. The summed E-state index contributed by atoms with van der Waals surface area (Å²) in [6, 6.07) is 16.2. The molecule has 0 N–H and O–H groups in total. The summed E-state index contributed by atoms with van der Waals surface area (Å²) in [6.45, 7) is 0.213. The van der Waals surface area contributed by atoms with Crippen LogP contribution < -0.4 is 9.47 Å². The second kappa shape index (κ2) is 7.86. The van der Waals surface area contributed by atoms with Crippen LogP contribution in [0.3, 0.4) is 0 Å². The van der Waals surface area contributed by atoms with Gasteiger partial charge < -0.3 is 18.9 Å². The lowest BCUT2D eigenvalue weighted by Crippen LogP contribution is -2.26. The maximum absolute atomic E-state index is 12.4. The summed E-state index contributed by atoms with van der Waals surface area (Å²) in [4.78, 5) is 33.7. The van der Waals surface area contributed by atoms with Crippen LogP contribution in [0.15, 0.2) is 70.6 Å². The highest BCUT2D eigenvalue weighted by Gasteiger charge is 2.59. The van der Waals surface area contributed by atoms with Gasteiger partial charge in [-0.25, -0.2) is 19.6 Å². The van der Waals surface area contributed by atoms with Crippen LogP contribution in [0.25, 0.3) is 0 Å². The number of hydrogen-bond acceptors (Lipinski definition) is 8. The van der Waals surface area contributed by atoms with Crippen molar-refractivity contribution in [3.05, 3.63) is 60.7 Å². The predicted octanol–water partition coefficient (Wildman–Crippen LogP) is 2.57. The highest BCUT2D eigenvalue weighted by molar-refractivity contribution is 6.10. The van der Waals surface area contributed by atoms with E-state index < -0.39 is 29.4 Å². The second-order valence-corrected chi connectivity index (χ2v) is 7.57. The van der Waals surface area contributed by atoms with Crippen LogP contribution in [0.1, 0.15) is 12.8 Å². The number of benzene rings is 2. The molecule has 0 amide bonds. The summed E-state index contributed by atoms with van der Waals surface area (Å²) < 4.78 is 22.2. The lowest BCUT2D eigenvalue weighted by molar-refractivity contribution is -0.136. The van der Waals surface area contributed by atoms with Crippen LogP contribution in [0.2, 0.25) is 0 Å². The van der Waals surface area contributed by atoms with Crippen LogP contribution >= 0.6 is 0 Å². The number of carbonyl (C=O) groups is 2. The molecular formula is C23H20N2O6. The third-order valence-electron chi connectivity index (χ3n) is 5.34. The molecule has 1 fully saturated rings. The van der Waals surface area contributed by atoms with Crippen molar-refractivity contribution in [1.29, 1.82) is 0 Å². The Balaban J connectivity index is 1.25. The number of rotatable bonds is 6. The molecule has 0 aromatic heterocycles. The van der Waals surface area contributed by atoms with E-state index in [1.54, 1.807) is 48.5 Å². The predicted molar refractivity (Wildman–Crippen MR) is 110 cm³/mol. The summed E-state index contributed by atoms with van der Waals surface area (Å²) in [6.07, 6.45) is 1.46. The van der Waals surface area contributed by atoms with Crippen LogP contribution in [0.5, 0.6) is 11.5 Å². The van der Waals surface area contributed by atoms with E-state index in [2.05, 4.69) is 9.98 Å². The molecule has 0 bridgehead atoms. The van der Waals surface area contributed by atoms with Gasteiger partial charge in [-0.2, -0.15) is 0 Å². The number of nitrogens with zero attached hydrogens (tertiary/aromatic N) is 2. The molecule has 31 heavy (non-hydrogen) atoms. The zero-order valence-corrected chi connectivity index (χ0v) is 16.6. The van der Waals surface area contributed by atoms with Crippen LogP contribution in [0.4, 0.5) is 0 Å². The molecule has 158 valence electrons. The molecule has 2 heterocycles. The molecule has 8 heteroatoms. The number of hydrogen-bond donors (Lipinski definition) is 0. The fourth-order valence-electron chi connectivity index (χ4n) is 3.50. The second-order valence-electron chi connectivity index (χ2n) is 7.57. The third kappa shape index (κ3) is 3.88. The van der Waals surface area contributed by atoms with Gasteiger partial charge in [-0.15, -0.1) is 0 Å². The van der Waals surface area contributed by atoms with E-state index in [9.17, 15) is 9.59 Å². The van der Waals surface area contributed by atoms with Gasteiger partial charge in [0.25, 0.3) is 0 Å². The van der Waals surface area contributed by atoms with Crippen molar-refractivity contribution in [3.8, 4) is 11.5 Å². The minimum atomic E-state index is -0.742. The van der Waals surface area contributed by atoms with Gasteiger partial charge in [0, 0.05) is 0 Å². The summed E-state index contributed by atoms with van der Waals surface area (Å²) in [5, 5.41) is 0. The lowest BCUT2D eigenvalue weighted by Gasteiger charge is -2.13. The van der Waals surface area contributed by atoms with E-state index in [1.165, 1.54) is 0 Å². The Morgan fingerprint density at radius 1 is 0.742 bits per heavy atom. The zero-order chi connectivity index (χ0) is 21.3. The van der Waals surface area contributed by atoms with Crippen LogP contribution in [-0.4, -0.2) is 49.0 Å². The van der Waals surface area contributed by atoms with Gasteiger partial charge in [-0.1, -0.05) is 36.4 Å². The highest BCUT2D eigenvalue weighted by Crippen LogP contribution is 2.51. The summed E-state index contributed by atoms with van der Waals surface area (Å²) in [7, 11) is 0. The average Bonchev–Trinajstić information content (AvgIpc) is 3.22. The fraction of sp³-hybridized carbons (Fsp3) is 0.304. The minimum absolute atomic E-state index is 0.107. The smallest absolute Gasteiger partial charge is 0.339 e. The molecule has 2 aromatic rings. The molecule has 0 radical (unpaired) electrons. The average molecular weight is 420 g/mol. The van der Waals surface area contributed by atoms with Gasteiger partial charge in [0.1, 0.15) is 30.1 Å². The quantitative estimate of drug-likeness (QED) is 0.527. The molecule has 0 unspecified atom stereocenters. The van der Waals surface area contributed by atoms with Crippen molar-refractivity contribution < 1.29 is 28.5 Å². The Bertz CT molecular complexity index is 965. The fourth-order valence-corrected chi connectivity index (χ4v) is 3.50. The van der Waals surface area contributed by atoms with E-state index in [4.69, 9.17) is 18.9 Å². The van der Waals surface area contributed by atoms with Gasteiger partial charge in [0.2, 0.25) is 0 Å². The van der Waals surface area contributed by atoms with E-state index in [0.29, 0.717) is 23.3 Å². The Morgan fingerprint density at radius 2 is 1.16 bits per heavy atom. The molecule has 3 aliphatic rings. The molecule has 5 rings (SSSR count). The topological polar surface area (TPSA) is 95.8 Å². The van der Waals surface area contributed by atoms with E-state index >= 15 is 0 Å². The van der Waals surface area contributed by atoms with Gasteiger partial charge in [-0.3, -0.25) is 0 Å². The van der Waals surface area contributed by atoms with Crippen molar-refractivity contribution in [2.75, 3.05) is 13.2 Å². The van der Waals surface area contributed by atoms with Crippen molar-refractivity contribution >= 4 is 23.7 Å². The molecule has 2 atom stereocenters. The first-order valence-electron chi connectivity index (χ1n) is 10.1. The number of carbonyl (C=O) groups excluding carboxylic acids is 2. The van der Waals surface area contributed by atoms with Crippen molar-refractivity contribution in [2.45, 2.75) is 24.9 Å². The van der Waals surface area contributed by atoms with E-state index in [0.717, 1.165) is 12.8 Å². The first-order chi connectivity index (χ1) is 15.1. The summed E-state index contributed by atoms with van der Waals surface area (Å²) in [5.41, 5.74) is -0.608. The molecule has 0 spiro atoms. The van der Waals surface area contributed by atoms with Crippen molar-refractivity contribution in [3.63, 3.8) is 0 Å². The van der Waals surface area contributed by atoms with E-state index in [-0.39, 0.29) is 13.2 Å². The first kappa shape index (κ1) is 19.3. The standard InChI is InChI=1S/C23H20N2O6/c26-19(30-15-7-3-1-4-8-15)17-13-28-21(24-17)23(11-12-23)22-25-18(14-29-22)20(27)31-16-9-5-2-6-10-16/h1-10,17-18H,11-14H2/t17-,18-/m0/s1. The number of para-hydroxylation sites is 2. The number of esters is 2. The summed E-state index contributed by atoms with van der Waals surface area (Å²) in [5.74, 6) is 0.795. The Labute approximate surface area is 178 Å². The summed E-state index contributed by atoms with van der Waals surface area (Å²) >= 11 is 0. The van der Waals surface area contributed by atoms with Crippen LogP contribution in [0, 0.1) is 5.41 Å². The Morgan fingerprint density at radius 3 is 1.55 bits per heavy atom. The number of ether oxygens (including phenoxy) is 4. The third-order valence-corrected chi connectivity index (χ3v) is 5.34. The van der Waals surface area contributed by atoms with E-state index in [1.807, 2.05) is 12.1 Å². The number of aliphatic imine (C=N–C) groups is 2. The van der Waals surface area contributed by atoms with Gasteiger partial charge in [0.05, 0.1) is 0 Å². The molecule has 0 saturated heterocycles. The van der Waals surface area contributed by atoms with Gasteiger partial charge >= 0.3 is 11.9 Å². The van der Waals surface area contributed by atoms with Crippen molar-refractivity contribution in [1.82, 2.24) is 0 Å². The van der Waals surface area contributed by atoms with Crippen LogP contribution in [-0.2, 0) is 19.1 Å². The Hall–Kier alpha value is -3.68. The zero-order valence-electron chi connectivity index (χ0n) is 16.6. The first-order valence-corrected chi connectivity index (χ1v) is 10.1. The minimum Gasteiger partial charge on any atom is -0.477 e. The molecule has 1 saturated carbocycles. The molecule has 8 nitrogen and oxygen atoms in total.